The standard InChI is InChI=1S/C13H16BrN3OS/c1-9(15-2)7-13-16-12(17-18-13)8-19-11-5-3-10(14)4-6-11/h3-6,9,15H,7-8H2,1-2H3. The summed E-state index contributed by atoms with van der Waals surface area (Å²) < 4.78 is 6.31. The SMILES string of the molecule is CNC(C)Cc1nc(CSc2ccc(Br)cc2)no1. The van der Waals surface area contributed by atoms with Crippen molar-refractivity contribution in [3.8, 4) is 0 Å². The summed E-state index contributed by atoms with van der Waals surface area (Å²) in [5.74, 6) is 2.15. The average Bonchev–Trinajstić information content (AvgIpc) is 2.85. The quantitative estimate of drug-likeness (QED) is 0.817. The van der Waals surface area contributed by atoms with Crippen LogP contribution in [0.15, 0.2) is 38.2 Å². The van der Waals surface area contributed by atoms with Gasteiger partial charge in [0.2, 0.25) is 5.89 Å². The molecule has 4 nitrogen and oxygen atoms in total. The third-order valence-corrected chi connectivity index (χ3v) is 4.20. The molecule has 102 valence electrons. The minimum Gasteiger partial charge on any atom is -0.339 e. The molecule has 2 aromatic rings. The molecule has 0 saturated carbocycles. The minimum absolute atomic E-state index is 0.340. The molecule has 1 aromatic carbocycles. The number of hydrogen-bond donors (Lipinski definition) is 1. The van der Waals surface area contributed by atoms with Crippen LogP contribution < -0.4 is 5.32 Å². The second-order valence-electron chi connectivity index (χ2n) is 4.24. The van der Waals surface area contributed by atoms with Gasteiger partial charge in [-0.2, -0.15) is 4.98 Å². The van der Waals surface area contributed by atoms with Gasteiger partial charge in [0, 0.05) is 21.8 Å². The molecule has 0 radical (unpaired) electrons. The maximum Gasteiger partial charge on any atom is 0.228 e. The molecule has 0 aliphatic heterocycles. The molecule has 0 amide bonds. The van der Waals surface area contributed by atoms with Crippen molar-refractivity contribution >= 4 is 27.7 Å². The number of rotatable bonds is 6. The molecule has 1 heterocycles. The second-order valence-corrected chi connectivity index (χ2v) is 6.21. The first-order chi connectivity index (χ1) is 9.17. The molecule has 1 atom stereocenters. The molecule has 2 rings (SSSR count). The summed E-state index contributed by atoms with van der Waals surface area (Å²) in [6, 6.07) is 8.53. The number of nitrogens with zero attached hydrogens (tertiary/aromatic N) is 2. The van der Waals surface area contributed by atoms with Crippen LogP contribution in [0.1, 0.15) is 18.6 Å². The number of hydrogen-bond acceptors (Lipinski definition) is 5. The summed E-state index contributed by atoms with van der Waals surface area (Å²) in [6.07, 6.45) is 0.756. The van der Waals surface area contributed by atoms with Crippen LogP contribution in [0.25, 0.3) is 0 Å². The molecule has 0 bridgehead atoms. The highest BCUT2D eigenvalue weighted by molar-refractivity contribution is 9.10. The largest absolute Gasteiger partial charge is 0.339 e. The summed E-state index contributed by atoms with van der Waals surface area (Å²) in [4.78, 5) is 5.58. The van der Waals surface area contributed by atoms with Crippen LogP contribution in [0.2, 0.25) is 0 Å². The Bertz CT molecular complexity index is 515. The van der Waals surface area contributed by atoms with Crippen molar-refractivity contribution in [2.45, 2.75) is 30.0 Å². The molecule has 19 heavy (non-hydrogen) atoms. The fourth-order valence-electron chi connectivity index (χ4n) is 1.47. The second kappa shape index (κ2) is 7.07. The van der Waals surface area contributed by atoms with E-state index >= 15 is 0 Å². The summed E-state index contributed by atoms with van der Waals surface area (Å²) in [5.41, 5.74) is 0. The van der Waals surface area contributed by atoms with Gasteiger partial charge in [-0.1, -0.05) is 21.1 Å². The lowest BCUT2D eigenvalue weighted by Gasteiger charge is -2.04. The maximum absolute atomic E-state index is 5.22. The average molecular weight is 342 g/mol. The van der Waals surface area contributed by atoms with Crippen LogP contribution in [0.3, 0.4) is 0 Å². The number of benzene rings is 1. The van der Waals surface area contributed by atoms with Gasteiger partial charge in [-0.25, -0.2) is 0 Å². The molecule has 0 fully saturated rings. The van der Waals surface area contributed by atoms with Crippen LogP contribution in [0.4, 0.5) is 0 Å². The summed E-state index contributed by atoms with van der Waals surface area (Å²) >= 11 is 5.12. The highest BCUT2D eigenvalue weighted by atomic mass is 79.9. The fourth-order valence-corrected chi connectivity index (χ4v) is 2.48. The van der Waals surface area contributed by atoms with E-state index < -0.39 is 0 Å². The van der Waals surface area contributed by atoms with Crippen LogP contribution >= 0.6 is 27.7 Å². The number of thioether (sulfide) groups is 1. The van der Waals surface area contributed by atoms with Gasteiger partial charge in [-0.15, -0.1) is 11.8 Å². The Morgan fingerprint density at radius 2 is 2.11 bits per heavy atom. The normalized spacial score (nSPS) is 12.6. The third-order valence-electron chi connectivity index (χ3n) is 2.67. The van der Waals surface area contributed by atoms with Crippen molar-refractivity contribution in [2.75, 3.05) is 7.05 Å². The molecule has 6 heteroatoms. The Balaban J connectivity index is 1.88. The van der Waals surface area contributed by atoms with E-state index in [0.717, 1.165) is 22.5 Å². The molecule has 0 aliphatic carbocycles. The molecule has 0 spiro atoms. The van der Waals surface area contributed by atoms with Gasteiger partial charge in [0.25, 0.3) is 0 Å². The molecule has 0 aliphatic rings. The Labute approximate surface area is 125 Å². The minimum atomic E-state index is 0.340. The van der Waals surface area contributed by atoms with E-state index in [1.807, 2.05) is 19.2 Å². The first-order valence-electron chi connectivity index (χ1n) is 6.04. The molecule has 1 N–H and O–H groups in total. The van der Waals surface area contributed by atoms with Crippen LogP contribution in [-0.4, -0.2) is 23.2 Å². The van der Waals surface area contributed by atoms with Gasteiger partial charge in [-0.3, -0.25) is 0 Å². The fraction of sp³-hybridized carbons (Fsp3) is 0.385. The van der Waals surface area contributed by atoms with Crippen molar-refractivity contribution in [2.24, 2.45) is 0 Å². The third kappa shape index (κ3) is 4.63. The molecule has 0 saturated heterocycles. The molecular weight excluding hydrogens is 326 g/mol. The van der Waals surface area contributed by atoms with Crippen molar-refractivity contribution in [1.82, 2.24) is 15.5 Å². The van der Waals surface area contributed by atoms with Crippen molar-refractivity contribution in [3.63, 3.8) is 0 Å². The zero-order valence-corrected chi connectivity index (χ0v) is 13.3. The molecular formula is C13H16BrN3OS. The van der Waals surface area contributed by atoms with Crippen molar-refractivity contribution in [3.05, 3.63) is 40.5 Å². The summed E-state index contributed by atoms with van der Waals surface area (Å²) in [6.45, 7) is 2.08. The summed E-state index contributed by atoms with van der Waals surface area (Å²) in [7, 11) is 1.92. The van der Waals surface area contributed by atoms with E-state index in [1.54, 1.807) is 11.8 Å². The topological polar surface area (TPSA) is 51.0 Å². The first kappa shape index (κ1) is 14.6. The predicted molar refractivity (Wildman–Crippen MR) is 80.2 cm³/mol. The molecule has 1 aromatic heterocycles. The van der Waals surface area contributed by atoms with Crippen molar-refractivity contribution < 1.29 is 4.52 Å². The van der Waals surface area contributed by atoms with Crippen LogP contribution in [-0.2, 0) is 12.2 Å². The number of halogens is 1. The van der Waals surface area contributed by atoms with E-state index in [1.165, 1.54) is 4.90 Å². The van der Waals surface area contributed by atoms with Crippen LogP contribution in [0, 0.1) is 0 Å². The lowest BCUT2D eigenvalue weighted by Crippen LogP contribution is -2.23. The zero-order valence-electron chi connectivity index (χ0n) is 10.9. The Hall–Kier alpha value is -0.850. The van der Waals surface area contributed by atoms with Gasteiger partial charge in [0.1, 0.15) is 0 Å². The monoisotopic (exact) mass is 341 g/mol. The Morgan fingerprint density at radius 3 is 2.79 bits per heavy atom. The number of aromatic nitrogens is 2. The highest BCUT2D eigenvalue weighted by Crippen LogP contribution is 2.23. The van der Waals surface area contributed by atoms with Crippen LogP contribution in [0.5, 0.6) is 0 Å². The zero-order chi connectivity index (χ0) is 13.7. The smallest absolute Gasteiger partial charge is 0.228 e. The van der Waals surface area contributed by atoms with Gasteiger partial charge in [0.15, 0.2) is 5.82 Å². The first-order valence-corrected chi connectivity index (χ1v) is 7.82. The van der Waals surface area contributed by atoms with Gasteiger partial charge >= 0.3 is 0 Å². The maximum atomic E-state index is 5.22. The predicted octanol–water partition coefficient (Wildman–Crippen LogP) is 3.27. The van der Waals surface area contributed by atoms with Gasteiger partial charge < -0.3 is 9.84 Å². The van der Waals surface area contributed by atoms with E-state index in [4.69, 9.17) is 4.52 Å². The number of likely N-dealkylation sites (N-methyl/N-ethyl adjacent to an activating group) is 1. The lowest BCUT2D eigenvalue weighted by molar-refractivity contribution is 0.362. The Kier molecular flexibility index (Phi) is 5.42. The molecule has 1 unspecified atom stereocenters. The highest BCUT2D eigenvalue weighted by Gasteiger charge is 2.09. The van der Waals surface area contributed by atoms with Gasteiger partial charge in [0.05, 0.1) is 5.75 Å². The van der Waals surface area contributed by atoms with E-state index in [-0.39, 0.29) is 0 Å². The van der Waals surface area contributed by atoms with E-state index in [9.17, 15) is 0 Å². The summed E-state index contributed by atoms with van der Waals surface area (Å²) in [5, 5.41) is 7.14. The Morgan fingerprint density at radius 1 is 1.37 bits per heavy atom. The van der Waals surface area contributed by atoms with E-state index in [2.05, 4.69) is 50.4 Å². The van der Waals surface area contributed by atoms with Gasteiger partial charge in [-0.05, 0) is 38.2 Å². The lowest BCUT2D eigenvalue weighted by atomic mass is 10.2. The number of nitrogens with one attached hydrogen (secondary N) is 1. The van der Waals surface area contributed by atoms with Crippen molar-refractivity contribution in [1.29, 1.82) is 0 Å². The van der Waals surface area contributed by atoms with E-state index in [0.29, 0.717) is 11.9 Å².